The second kappa shape index (κ2) is 6.67. The van der Waals surface area contributed by atoms with E-state index < -0.39 is 10.8 Å². The molecule has 0 spiro atoms. The van der Waals surface area contributed by atoms with Crippen LogP contribution in [0.3, 0.4) is 0 Å². The molecule has 0 amide bonds. The van der Waals surface area contributed by atoms with Crippen molar-refractivity contribution < 1.29 is 4.21 Å². The van der Waals surface area contributed by atoms with Gasteiger partial charge in [-0.05, 0) is 30.4 Å². The molecule has 0 bridgehead atoms. The SMILES string of the molecule is CC(NCC(C)S(C)=O)c1ccc(C(C)(C)C)cc1. The first-order chi connectivity index (χ1) is 8.71. The molecule has 0 heterocycles. The molecular formula is C16H27NOS. The Hall–Kier alpha value is -0.670. The highest BCUT2D eigenvalue weighted by atomic mass is 32.2. The maximum Gasteiger partial charge on any atom is 0.0441 e. The molecule has 3 unspecified atom stereocenters. The summed E-state index contributed by atoms with van der Waals surface area (Å²) in [5, 5.41) is 3.64. The van der Waals surface area contributed by atoms with Crippen LogP contribution in [-0.2, 0) is 16.2 Å². The Labute approximate surface area is 120 Å². The van der Waals surface area contributed by atoms with Crippen LogP contribution in [0.4, 0.5) is 0 Å². The lowest BCUT2D eigenvalue weighted by molar-refractivity contribution is 0.565. The quantitative estimate of drug-likeness (QED) is 0.896. The minimum absolute atomic E-state index is 0.191. The van der Waals surface area contributed by atoms with Crippen LogP contribution in [-0.4, -0.2) is 22.3 Å². The van der Waals surface area contributed by atoms with Gasteiger partial charge in [-0.25, -0.2) is 0 Å². The van der Waals surface area contributed by atoms with Gasteiger partial charge in [-0.15, -0.1) is 0 Å². The molecule has 0 aliphatic carbocycles. The molecule has 0 fully saturated rings. The zero-order valence-electron chi connectivity index (χ0n) is 13.0. The predicted molar refractivity (Wildman–Crippen MR) is 85.1 cm³/mol. The van der Waals surface area contributed by atoms with Crippen LogP contribution in [0.1, 0.15) is 51.8 Å². The van der Waals surface area contributed by atoms with E-state index in [1.54, 1.807) is 6.26 Å². The number of benzene rings is 1. The van der Waals surface area contributed by atoms with E-state index in [1.165, 1.54) is 11.1 Å². The first kappa shape index (κ1) is 16.4. The van der Waals surface area contributed by atoms with Crippen molar-refractivity contribution in [2.24, 2.45) is 0 Å². The molecule has 0 saturated carbocycles. The van der Waals surface area contributed by atoms with Crippen LogP contribution < -0.4 is 5.32 Å². The molecule has 0 radical (unpaired) electrons. The molecule has 3 heteroatoms. The van der Waals surface area contributed by atoms with Gasteiger partial charge in [0.1, 0.15) is 0 Å². The van der Waals surface area contributed by atoms with Crippen molar-refractivity contribution in [3.8, 4) is 0 Å². The zero-order valence-corrected chi connectivity index (χ0v) is 13.8. The molecule has 0 saturated heterocycles. The van der Waals surface area contributed by atoms with Crippen LogP contribution in [0.5, 0.6) is 0 Å². The molecular weight excluding hydrogens is 254 g/mol. The molecule has 19 heavy (non-hydrogen) atoms. The van der Waals surface area contributed by atoms with Crippen LogP contribution in [0.25, 0.3) is 0 Å². The summed E-state index contributed by atoms with van der Waals surface area (Å²) >= 11 is 0. The molecule has 1 aromatic carbocycles. The monoisotopic (exact) mass is 281 g/mol. The van der Waals surface area contributed by atoms with E-state index in [1.807, 2.05) is 6.92 Å². The fraction of sp³-hybridized carbons (Fsp3) is 0.625. The molecule has 0 aromatic heterocycles. The topological polar surface area (TPSA) is 29.1 Å². The Kier molecular flexibility index (Phi) is 5.75. The van der Waals surface area contributed by atoms with Crippen molar-refractivity contribution >= 4 is 10.8 Å². The Morgan fingerprint density at radius 2 is 1.68 bits per heavy atom. The third-order valence-corrected chi connectivity index (χ3v) is 4.85. The average Bonchev–Trinajstić information content (AvgIpc) is 2.34. The van der Waals surface area contributed by atoms with E-state index in [-0.39, 0.29) is 10.7 Å². The lowest BCUT2D eigenvalue weighted by Crippen LogP contribution is -2.29. The summed E-state index contributed by atoms with van der Waals surface area (Å²) in [5.41, 5.74) is 2.83. The van der Waals surface area contributed by atoms with Crippen molar-refractivity contribution in [2.45, 2.75) is 51.3 Å². The first-order valence-electron chi connectivity index (χ1n) is 6.88. The Morgan fingerprint density at radius 1 is 1.16 bits per heavy atom. The summed E-state index contributed by atoms with van der Waals surface area (Å²) in [6.45, 7) is 11.6. The summed E-state index contributed by atoms with van der Waals surface area (Å²) in [4.78, 5) is 0. The molecule has 2 nitrogen and oxygen atoms in total. The van der Waals surface area contributed by atoms with Crippen molar-refractivity contribution in [1.29, 1.82) is 0 Å². The second-order valence-electron chi connectivity index (χ2n) is 6.31. The first-order valence-corrected chi connectivity index (χ1v) is 8.50. The summed E-state index contributed by atoms with van der Waals surface area (Å²) < 4.78 is 11.3. The second-order valence-corrected chi connectivity index (χ2v) is 8.11. The fourth-order valence-electron chi connectivity index (χ4n) is 1.85. The highest BCUT2D eigenvalue weighted by molar-refractivity contribution is 7.84. The number of rotatable bonds is 5. The van der Waals surface area contributed by atoms with Crippen LogP contribution in [0.2, 0.25) is 0 Å². The summed E-state index contributed by atoms with van der Waals surface area (Å²) in [7, 11) is -0.761. The van der Waals surface area contributed by atoms with Gasteiger partial charge in [-0.1, -0.05) is 45.0 Å². The van der Waals surface area contributed by atoms with E-state index in [0.717, 1.165) is 6.54 Å². The standard InChI is InChI=1S/C16H27NOS/c1-12(19(6)18)11-17-13(2)14-7-9-15(10-8-14)16(3,4)5/h7-10,12-13,17H,11H2,1-6H3. The molecule has 1 aromatic rings. The molecule has 0 aliphatic heterocycles. The Morgan fingerprint density at radius 3 is 2.11 bits per heavy atom. The molecule has 3 atom stereocenters. The van der Waals surface area contributed by atoms with Gasteiger partial charge in [-0.3, -0.25) is 4.21 Å². The van der Waals surface area contributed by atoms with E-state index in [9.17, 15) is 4.21 Å². The van der Waals surface area contributed by atoms with Gasteiger partial charge in [0, 0.05) is 34.9 Å². The highest BCUT2D eigenvalue weighted by Gasteiger charge is 2.14. The average molecular weight is 281 g/mol. The van der Waals surface area contributed by atoms with Crippen molar-refractivity contribution in [3.05, 3.63) is 35.4 Å². The van der Waals surface area contributed by atoms with E-state index in [4.69, 9.17) is 0 Å². The third kappa shape index (κ3) is 5.07. The van der Waals surface area contributed by atoms with Gasteiger partial charge in [0.25, 0.3) is 0 Å². The minimum atomic E-state index is -0.761. The van der Waals surface area contributed by atoms with Gasteiger partial charge < -0.3 is 5.32 Å². The summed E-state index contributed by atoms with van der Waals surface area (Å²) in [6.07, 6.45) is 1.76. The molecule has 108 valence electrons. The zero-order chi connectivity index (χ0) is 14.6. The smallest absolute Gasteiger partial charge is 0.0441 e. The predicted octanol–water partition coefficient (Wildman–Crippen LogP) is 3.40. The summed E-state index contributed by atoms with van der Waals surface area (Å²) in [5.74, 6) is 0. The minimum Gasteiger partial charge on any atom is -0.309 e. The normalized spacial score (nSPS) is 16.9. The summed E-state index contributed by atoms with van der Waals surface area (Å²) in [6, 6.07) is 9.07. The van der Waals surface area contributed by atoms with Crippen molar-refractivity contribution in [3.63, 3.8) is 0 Å². The Bertz CT molecular complexity index is 419. The Balaban J connectivity index is 2.63. The van der Waals surface area contributed by atoms with Crippen molar-refractivity contribution in [2.75, 3.05) is 12.8 Å². The van der Waals surface area contributed by atoms with Crippen molar-refractivity contribution in [1.82, 2.24) is 5.32 Å². The lowest BCUT2D eigenvalue weighted by Gasteiger charge is -2.21. The fourth-order valence-corrected chi connectivity index (χ4v) is 2.18. The van der Waals surface area contributed by atoms with E-state index in [0.29, 0.717) is 6.04 Å². The lowest BCUT2D eigenvalue weighted by atomic mass is 9.86. The van der Waals surface area contributed by atoms with Gasteiger partial charge in [0.2, 0.25) is 0 Å². The van der Waals surface area contributed by atoms with Crippen LogP contribution >= 0.6 is 0 Å². The van der Waals surface area contributed by atoms with Gasteiger partial charge >= 0.3 is 0 Å². The number of hydrogen-bond donors (Lipinski definition) is 1. The van der Waals surface area contributed by atoms with Crippen LogP contribution in [0.15, 0.2) is 24.3 Å². The highest BCUT2D eigenvalue weighted by Crippen LogP contribution is 2.23. The van der Waals surface area contributed by atoms with Gasteiger partial charge in [0.05, 0.1) is 0 Å². The van der Waals surface area contributed by atoms with E-state index >= 15 is 0 Å². The maximum atomic E-state index is 11.3. The number of nitrogens with one attached hydrogen (secondary N) is 1. The molecule has 0 aliphatic rings. The van der Waals surface area contributed by atoms with Gasteiger partial charge in [0.15, 0.2) is 0 Å². The molecule has 1 rings (SSSR count). The largest absolute Gasteiger partial charge is 0.309 e. The van der Waals surface area contributed by atoms with Gasteiger partial charge in [-0.2, -0.15) is 0 Å². The number of hydrogen-bond acceptors (Lipinski definition) is 2. The van der Waals surface area contributed by atoms with Crippen LogP contribution in [0, 0.1) is 0 Å². The maximum absolute atomic E-state index is 11.3. The van der Waals surface area contributed by atoms with E-state index in [2.05, 4.69) is 57.3 Å². The molecule has 1 N–H and O–H groups in total. The third-order valence-electron chi connectivity index (χ3n) is 3.55.